The number of nitrogens with zero attached hydrogens (tertiary/aromatic N) is 1. The first-order valence-corrected chi connectivity index (χ1v) is 6.86. The zero-order valence-corrected chi connectivity index (χ0v) is 10.6. The first-order chi connectivity index (χ1) is 8.27. The lowest BCUT2D eigenvalue weighted by Crippen LogP contribution is -2.42. The lowest BCUT2D eigenvalue weighted by atomic mass is 10.2. The first-order valence-electron chi connectivity index (χ1n) is 5.25. The van der Waals surface area contributed by atoms with E-state index >= 15 is 0 Å². The number of β-amino-alcohol motifs (C(OH)–C–C–N with tert-alkyl or cyclic N) is 1. The maximum atomic E-state index is 11.9. The molecule has 0 radical (unpaired) electrons. The summed E-state index contributed by atoms with van der Waals surface area (Å²) < 4.78 is 28.8. The Morgan fingerprint density at radius 1 is 1.44 bits per heavy atom. The molecule has 1 rings (SSSR count). The van der Waals surface area contributed by atoms with Gasteiger partial charge in [-0.2, -0.15) is 4.31 Å². The van der Waals surface area contributed by atoms with Gasteiger partial charge in [0.2, 0.25) is 10.0 Å². The number of esters is 1. The summed E-state index contributed by atoms with van der Waals surface area (Å²) in [5.41, 5.74) is 0. The minimum Gasteiger partial charge on any atom is -0.480 e. The van der Waals surface area contributed by atoms with Crippen molar-refractivity contribution in [1.82, 2.24) is 4.31 Å². The Morgan fingerprint density at radius 2 is 2.06 bits per heavy atom. The van der Waals surface area contributed by atoms with Crippen molar-refractivity contribution in [1.29, 1.82) is 0 Å². The lowest BCUT2D eigenvalue weighted by Gasteiger charge is -2.20. The normalized spacial score (nSPS) is 25.0. The van der Waals surface area contributed by atoms with E-state index in [1.165, 1.54) is 0 Å². The minimum atomic E-state index is -3.90. The highest BCUT2D eigenvalue weighted by Crippen LogP contribution is 2.22. The largest absolute Gasteiger partial charge is 0.480 e. The van der Waals surface area contributed by atoms with Gasteiger partial charge in [0, 0.05) is 13.0 Å². The molecule has 2 atom stereocenters. The molecule has 9 heteroatoms. The van der Waals surface area contributed by atoms with Crippen molar-refractivity contribution in [3.05, 3.63) is 0 Å². The number of ether oxygens (including phenoxy) is 1. The highest BCUT2D eigenvalue weighted by molar-refractivity contribution is 7.89. The van der Waals surface area contributed by atoms with Crippen LogP contribution in [0.1, 0.15) is 12.8 Å². The highest BCUT2D eigenvalue weighted by atomic mass is 32.2. The maximum Gasteiger partial charge on any atom is 0.322 e. The van der Waals surface area contributed by atoms with Crippen LogP contribution in [-0.2, 0) is 24.3 Å². The van der Waals surface area contributed by atoms with E-state index in [0.717, 1.165) is 11.4 Å². The number of carbonyl (C=O) groups excluding carboxylic acids is 1. The molecule has 0 aromatic rings. The fourth-order valence-corrected chi connectivity index (χ4v) is 3.37. The zero-order valence-electron chi connectivity index (χ0n) is 9.77. The van der Waals surface area contributed by atoms with E-state index in [2.05, 4.69) is 4.74 Å². The second-order valence-electron chi connectivity index (χ2n) is 3.96. The predicted octanol–water partition coefficient (Wildman–Crippen LogP) is -1.60. The van der Waals surface area contributed by atoms with Crippen LogP contribution in [0.15, 0.2) is 0 Å². The minimum absolute atomic E-state index is 0.146. The van der Waals surface area contributed by atoms with Gasteiger partial charge in [-0.05, 0) is 0 Å². The summed E-state index contributed by atoms with van der Waals surface area (Å²) in [6, 6.07) is -1.28. The zero-order chi connectivity index (χ0) is 13.9. The number of aliphatic hydroxyl groups excluding tert-OH is 1. The van der Waals surface area contributed by atoms with Crippen LogP contribution in [-0.4, -0.2) is 66.4 Å². The van der Waals surface area contributed by atoms with E-state index in [1.54, 1.807) is 0 Å². The Balaban J connectivity index is 2.77. The molecular weight excluding hydrogens is 266 g/mol. The van der Waals surface area contributed by atoms with Gasteiger partial charge in [0.25, 0.3) is 0 Å². The molecule has 1 aliphatic heterocycles. The molecule has 18 heavy (non-hydrogen) atoms. The molecule has 8 nitrogen and oxygen atoms in total. The second kappa shape index (κ2) is 5.63. The van der Waals surface area contributed by atoms with Gasteiger partial charge in [0.15, 0.2) is 0 Å². The summed E-state index contributed by atoms with van der Waals surface area (Å²) in [6.07, 6.45) is -1.50. The summed E-state index contributed by atoms with van der Waals surface area (Å²) in [5.74, 6) is -2.53. The van der Waals surface area contributed by atoms with Crippen LogP contribution in [0.4, 0.5) is 0 Å². The van der Waals surface area contributed by atoms with E-state index in [4.69, 9.17) is 5.11 Å². The molecule has 1 aliphatic rings. The van der Waals surface area contributed by atoms with Gasteiger partial charge < -0.3 is 14.9 Å². The quantitative estimate of drug-likeness (QED) is 0.582. The molecular formula is C9H15NO7S. The summed E-state index contributed by atoms with van der Waals surface area (Å²) in [6.45, 7) is -0.263. The topological polar surface area (TPSA) is 121 Å². The molecule has 0 aliphatic carbocycles. The van der Waals surface area contributed by atoms with Crippen LogP contribution in [0.5, 0.6) is 0 Å². The molecule has 1 fully saturated rings. The Kier molecular flexibility index (Phi) is 4.65. The third-order valence-electron chi connectivity index (χ3n) is 2.67. The van der Waals surface area contributed by atoms with E-state index < -0.39 is 39.9 Å². The van der Waals surface area contributed by atoms with Gasteiger partial charge >= 0.3 is 11.9 Å². The molecule has 2 N–H and O–H groups in total. The number of aliphatic hydroxyl groups is 1. The lowest BCUT2D eigenvalue weighted by molar-refractivity contribution is -0.141. The fraction of sp³-hybridized carbons (Fsp3) is 0.778. The molecule has 0 aromatic carbocycles. The average Bonchev–Trinajstić information content (AvgIpc) is 2.69. The number of hydrogen-bond acceptors (Lipinski definition) is 6. The van der Waals surface area contributed by atoms with Crippen molar-refractivity contribution in [3.8, 4) is 0 Å². The van der Waals surface area contributed by atoms with Gasteiger partial charge in [-0.3, -0.25) is 9.59 Å². The molecule has 104 valence electrons. The number of hydrogen-bond donors (Lipinski definition) is 2. The van der Waals surface area contributed by atoms with Crippen LogP contribution in [0, 0.1) is 0 Å². The van der Waals surface area contributed by atoms with E-state index in [1.807, 2.05) is 0 Å². The molecule has 0 bridgehead atoms. The molecule has 0 aromatic heterocycles. The molecule has 1 saturated heterocycles. The van der Waals surface area contributed by atoms with Crippen molar-refractivity contribution >= 4 is 22.0 Å². The summed E-state index contributed by atoms with van der Waals surface area (Å²) >= 11 is 0. The number of carboxylic acids is 1. The van der Waals surface area contributed by atoms with E-state index in [-0.39, 0.29) is 19.4 Å². The number of sulfonamides is 1. The van der Waals surface area contributed by atoms with Crippen LogP contribution in [0.2, 0.25) is 0 Å². The van der Waals surface area contributed by atoms with Crippen LogP contribution < -0.4 is 0 Å². The van der Waals surface area contributed by atoms with Crippen molar-refractivity contribution < 1.29 is 33.0 Å². The third kappa shape index (κ3) is 3.40. The van der Waals surface area contributed by atoms with Gasteiger partial charge in [-0.25, -0.2) is 8.42 Å². The Labute approximate surface area is 104 Å². The molecule has 0 amide bonds. The van der Waals surface area contributed by atoms with Crippen molar-refractivity contribution in [2.45, 2.75) is 25.0 Å². The Morgan fingerprint density at radius 3 is 2.56 bits per heavy atom. The Hall–Kier alpha value is -1.19. The Bertz CT molecular complexity index is 432. The summed E-state index contributed by atoms with van der Waals surface area (Å²) in [7, 11) is -2.77. The second-order valence-corrected chi connectivity index (χ2v) is 6.00. The number of rotatable bonds is 5. The first kappa shape index (κ1) is 14.9. The van der Waals surface area contributed by atoms with Crippen molar-refractivity contribution in [2.75, 3.05) is 19.4 Å². The number of methoxy groups -OCH3 is 1. The smallest absolute Gasteiger partial charge is 0.322 e. The average molecular weight is 281 g/mol. The number of aliphatic carboxylic acids is 1. The summed E-state index contributed by atoms with van der Waals surface area (Å²) in [4.78, 5) is 21.8. The monoisotopic (exact) mass is 281 g/mol. The van der Waals surface area contributed by atoms with Crippen molar-refractivity contribution in [2.24, 2.45) is 0 Å². The molecule has 0 saturated carbocycles. The number of carbonyl (C=O) groups is 2. The number of carboxylic acid groups (broad SMARTS) is 1. The summed E-state index contributed by atoms with van der Waals surface area (Å²) in [5, 5.41) is 18.2. The SMILES string of the molecule is COC(=O)CCS(=O)(=O)N1C[C@H](O)C[C@@H]1C(=O)O. The molecule has 0 unspecified atom stereocenters. The third-order valence-corrected chi connectivity index (χ3v) is 4.51. The van der Waals surface area contributed by atoms with Crippen molar-refractivity contribution in [3.63, 3.8) is 0 Å². The van der Waals surface area contributed by atoms with Crippen LogP contribution >= 0.6 is 0 Å². The molecule has 0 spiro atoms. The van der Waals surface area contributed by atoms with Gasteiger partial charge in [-0.15, -0.1) is 0 Å². The van der Waals surface area contributed by atoms with Gasteiger partial charge in [0.1, 0.15) is 6.04 Å². The van der Waals surface area contributed by atoms with Crippen LogP contribution in [0.25, 0.3) is 0 Å². The standard InChI is InChI=1S/C9H15NO7S/c1-17-8(12)2-3-18(15,16)10-5-6(11)4-7(10)9(13)14/h6-7,11H,2-5H2,1H3,(H,13,14)/t6-,7-/m1/s1. The maximum absolute atomic E-state index is 11.9. The van der Waals surface area contributed by atoms with Crippen LogP contribution in [0.3, 0.4) is 0 Å². The van der Waals surface area contributed by atoms with E-state index in [0.29, 0.717) is 0 Å². The van der Waals surface area contributed by atoms with E-state index in [9.17, 15) is 23.1 Å². The van der Waals surface area contributed by atoms with Gasteiger partial charge in [0.05, 0.1) is 25.4 Å². The fourth-order valence-electron chi connectivity index (χ4n) is 1.75. The molecule has 1 heterocycles. The highest BCUT2D eigenvalue weighted by Gasteiger charge is 2.42. The van der Waals surface area contributed by atoms with Gasteiger partial charge in [-0.1, -0.05) is 0 Å². The predicted molar refractivity (Wildman–Crippen MR) is 59.2 cm³/mol.